The van der Waals surface area contributed by atoms with Gasteiger partial charge in [-0.2, -0.15) is 0 Å². The summed E-state index contributed by atoms with van der Waals surface area (Å²) in [6.45, 7) is 0.950. The standard InChI is InChI=1S/C20H18N6O2/c27-19(13-26-20(28)17-3-1-2-4-18(17)23-24-26)22-11-15-5-7-16(8-6-15)12-25-10-9-21-14-25/h1-10,14H,11-13H2,(H,22,27). The molecule has 1 N–H and O–H groups in total. The van der Waals surface area contributed by atoms with Crippen LogP contribution < -0.4 is 10.9 Å². The fourth-order valence-electron chi connectivity index (χ4n) is 2.87. The molecule has 0 atom stereocenters. The van der Waals surface area contributed by atoms with E-state index in [1.807, 2.05) is 35.0 Å². The maximum absolute atomic E-state index is 12.4. The van der Waals surface area contributed by atoms with Gasteiger partial charge in [0.1, 0.15) is 12.1 Å². The van der Waals surface area contributed by atoms with Crippen molar-refractivity contribution >= 4 is 16.8 Å². The number of imidazole rings is 1. The van der Waals surface area contributed by atoms with E-state index in [0.29, 0.717) is 17.4 Å². The molecule has 2 aromatic heterocycles. The van der Waals surface area contributed by atoms with Gasteiger partial charge >= 0.3 is 0 Å². The van der Waals surface area contributed by atoms with Crippen molar-refractivity contribution in [2.45, 2.75) is 19.6 Å². The van der Waals surface area contributed by atoms with E-state index in [4.69, 9.17) is 0 Å². The monoisotopic (exact) mass is 374 g/mol. The van der Waals surface area contributed by atoms with E-state index in [1.54, 1.807) is 36.8 Å². The lowest BCUT2D eigenvalue weighted by Crippen LogP contribution is -2.34. The third-order valence-corrected chi connectivity index (χ3v) is 4.36. The highest BCUT2D eigenvalue weighted by atomic mass is 16.2. The van der Waals surface area contributed by atoms with E-state index in [1.165, 1.54) is 0 Å². The quantitative estimate of drug-likeness (QED) is 0.550. The second-order valence-corrected chi connectivity index (χ2v) is 6.40. The summed E-state index contributed by atoms with van der Waals surface area (Å²) in [5.74, 6) is -0.297. The van der Waals surface area contributed by atoms with Crippen LogP contribution in [0.4, 0.5) is 0 Å². The summed E-state index contributed by atoms with van der Waals surface area (Å²) in [6, 6.07) is 14.9. The fourth-order valence-corrected chi connectivity index (χ4v) is 2.87. The molecule has 4 aromatic rings. The van der Waals surface area contributed by atoms with Crippen LogP contribution in [0.3, 0.4) is 0 Å². The Kier molecular flexibility index (Phi) is 4.92. The molecule has 0 unspecified atom stereocenters. The van der Waals surface area contributed by atoms with Crippen molar-refractivity contribution in [1.82, 2.24) is 29.9 Å². The van der Waals surface area contributed by atoms with E-state index in [0.717, 1.165) is 22.4 Å². The first-order chi connectivity index (χ1) is 13.7. The highest BCUT2D eigenvalue weighted by molar-refractivity contribution is 5.78. The van der Waals surface area contributed by atoms with Gasteiger partial charge in [-0.15, -0.1) is 5.10 Å². The Bertz CT molecular complexity index is 1150. The third kappa shape index (κ3) is 3.96. The number of hydrogen-bond donors (Lipinski definition) is 1. The average molecular weight is 374 g/mol. The van der Waals surface area contributed by atoms with Gasteiger partial charge in [0, 0.05) is 25.5 Å². The zero-order valence-electron chi connectivity index (χ0n) is 15.0. The van der Waals surface area contributed by atoms with Gasteiger partial charge in [-0.05, 0) is 23.3 Å². The molecule has 0 aliphatic carbocycles. The van der Waals surface area contributed by atoms with Crippen LogP contribution in [0, 0.1) is 0 Å². The molecule has 0 radical (unpaired) electrons. The molecular weight excluding hydrogens is 356 g/mol. The van der Waals surface area contributed by atoms with Crippen LogP contribution in [0.1, 0.15) is 11.1 Å². The summed E-state index contributed by atoms with van der Waals surface area (Å²) in [4.78, 5) is 28.6. The topological polar surface area (TPSA) is 94.7 Å². The minimum absolute atomic E-state index is 0.171. The van der Waals surface area contributed by atoms with Gasteiger partial charge in [-0.3, -0.25) is 9.59 Å². The van der Waals surface area contributed by atoms with Gasteiger partial charge in [-0.25, -0.2) is 9.67 Å². The molecule has 2 heterocycles. The number of aromatic nitrogens is 5. The number of fused-ring (bicyclic) bond motifs is 1. The van der Waals surface area contributed by atoms with E-state index in [2.05, 4.69) is 20.6 Å². The summed E-state index contributed by atoms with van der Waals surface area (Å²) < 4.78 is 3.06. The molecule has 4 rings (SSSR count). The molecule has 0 bridgehead atoms. The maximum Gasteiger partial charge on any atom is 0.278 e. The SMILES string of the molecule is O=C(Cn1nnc2ccccc2c1=O)NCc1ccc(Cn2ccnc2)cc1. The molecule has 28 heavy (non-hydrogen) atoms. The largest absolute Gasteiger partial charge is 0.350 e. The molecule has 0 spiro atoms. The smallest absolute Gasteiger partial charge is 0.278 e. The molecule has 140 valence electrons. The van der Waals surface area contributed by atoms with Crippen molar-refractivity contribution in [1.29, 1.82) is 0 Å². The fraction of sp³-hybridized carbons (Fsp3) is 0.150. The Hall–Kier alpha value is -3.81. The lowest BCUT2D eigenvalue weighted by molar-refractivity contribution is -0.122. The first-order valence-electron chi connectivity index (χ1n) is 8.82. The summed E-state index contributed by atoms with van der Waals surface area (Å²) in [6.07, 6.45) is 5.42. The summed E-state index contributed by atoms with van der Waals surface area (Å²) in [5.41, 5.74) is 2.30. The number of nitrogens with one attached hydrogen (secondary N) is 1. The van der Waals surface area contributed by atoms with Gasteiger partial charge < -0.3 is 9.88 Å². The van der Waals surface area contributed by atoms with Crippen molar-refractivity contribution < 1.29 is 4.79 Å². The minimum atomic E-state index is -0.329. The van der Waals surface area contributed by atoms with E-state index >= 15 is 0 Å². The number of nitrogens with zero attached hydrogens (tertiary/aromatic N) is 5. The maximum atomic E-state index is 12.4. The van der Waals surface area contributed by atoms with Crippen molar-refractivity contribution in [3.63, 3.8) is 0 Å². The van der Waals surface area contributed by atoms with Crippen molar-refractivity contribution in [2.75, 3.05) is 0 Å². The Morgan fingerprint density at radius 2 is 1.82 bits per heavy atom. The third-order valence-electron chi connectivity index (χ3n) is 4.36. The number of rotatable bonds is 6. The number of carbonyl (C=O) groups excluding carboxylic acids is 1. The highest BCUT2D eigenvalue weighted by Crippen LogP contribution is 2.07. The van der Waals surface area contributed by atoms with Crippen LogP contribution in [-0.4, -0.2) is 30.5 Å². The molecule has 2 aromatic carbocycles. The second-order valence-electron chi connectivity index (χ2n) is 6.40. The number of benzene rings is 2. The average Bonchev–Trinajstić information content (AvgIpc) is 3.23. The Morgan fingerprint density at radius 1 is 1.04 bits per heavy atom. The van der Waals surface area contributed by atoms with Crippen LogP contribution in [-0.2, 0) is 24.4 Å². The predicted molar refractivity (Wildman–Crippen MR) is 103 cm³/mol. The predicted octanol–water partition coefficient (Wildman–Crippen LogP) is 1.35. The molecule has 8 nitrogen and oxygen atoms in total. The number of hydrogen-bond acceptors (Lipinski definition) is 5. The van der Waals surface area contributed by atoms with Crippen LogP contribution in [0.2, 0.25) is 0 Å². The number of carbonyl (C=O) groups is 1. The van der Waals surface area contributed by atoms with Crippen molar-refractivity contribution in [2.24, 2.45) is 0 Å². The minimum Gasteiger partial charge on any atom is -0.350 e. The zero-order chi connectivity index (χ0) is 19.3. The Balaban J connectivity index is 1.35. The van der Waals surface area contributed by atoms with Crippen LogP contribution in [0.15, 0.2) is 72.0 Å². The normalized spacial score (nSPS) is 10.9. The second kappa shape index (κ2) is 7.83. The van der Waals surface area contributed by atoms with E-state index in [-0.39, 0.29) is 18.0 Å². The van der Waals surface area contributed by atoms with Gasteiger partial charge in [0.05, 0.1) is 11.7 Å². The summed E-state index contributed by atoms with van der Waals surface area (Å²) in [5, 5.41) is 11.1. The van der Waals surface area contributed by atoms with E-state index in [9.17, 15) is 9.59 Å². The lowest BCUT2D eigenvalue weighted by atomic mass is 10.1. The molecule has 8 heteroatoms. The summed E-state index contributed by atoms with van der Waals surface area (Å²) in [7, 11) is 0. The zero-order valence-corrected chi connectivity index (χ0v) is 15.0. The molecule has 0 aliphatic heterocycles. The van der Waals surface area contributed by atoms with E-state index < -0.39 is 0 Å². The van der Waals surface area contributed by atoms with Crippen molar-refractivity contribution in [3.8, 4) is 0 Å². The number of amides is 1. The molecular formula is C20H18N6O2. The molecule has 0 saturated carbocycles. The Labute approximate surface area is 160 Å². The molecule has 0 aliphatic rings. The van der Waals surface area contributed by atoms with Crippen molar-refractivity contribution in [3.05, 3.63) is 88.7 Å². The first-order valence-corrected chi connectivity index (χ1v) is 8.82. The first kappa shape index (κ1) is 17.6. The molecule has 1 amide bonds. The Morgan fingerprint density at radius 3 is 2.61 bits per heavy atom. The van der Waals surface area contributed by atoms with Gasteiger partial charge in [-0.1, -0.05) is 41.6 Å². The summed E-state index contributed by atoms with van der Waals surface area (Å²) >= 11 is 0. The molecule has 0 fully saturated rings. The highest BCUT2D eigenvalue weighted by Gasteiger charge is 2.09. The van der Waals surface area contributed by atoms with Gasteiger partial charge in [0.2, 0.25) is 5.91 Å². The van der Waals surface area contributed by atoms with Crippen LogP contribution >= 0.6 is 0 Å². The van der Waals surface area contributed by atoms with Gasteiger partial charge in [0.25, 0.3) is 5.56 Å². The lowest BCUT2D eigenvalue weighted by Gasteiger charge is -2.08. The van der Waals surface area contributed by atoms with Gasteiger partial charge in [0.15, 0.2) is 0 Å². The van der Waals surface area contributed by atoms with Crippen LogP contribution in [0.5, 0.6) is 0 Å². The van der Waals surface area contributed by atoms with Crippen LogP contribution in [0.25, 0.3) is 10.9 Å². The molecule has 0 saturated heterocycles.